The lowest BCUT2D eigenvalue weighted by molar-refractivity contribution is 0.416. The Labute approximate surface area is 287 Å². The molecular weight excluding hydrogens is 688 g/mol. The number of aliphatic imine (C=N–C) groups is 2. The third kappa shape index (κ3) is 5.69. The van der Waals surface area contributed by atoms with Gasteiger partial charge in [0.2, 0.25) is 0 Å². The molecule has 6 heterocycles. The molecule has 3 aromatic carbocycles. The van der Waals surface area contributed by atoms with Gasteiger partial charge in [0.05, 0.1) is 55.2 Å². The van der Waals surface area contributed by atoms with E-state index in [9.17, 15) is 0 Å². The van der Waals surface area contributed by atoms with Gasteiger partial charge in [-0.1, -0.05) is 30.3 Å². The average Bonchev–Trinajstić information content (AvgIpc) is 3.95. The molecule has 7 aromatic rings. The fourth-order valence-electron chi connectivity index (χ4n) is 5.74. The highest BCUT2D eigenvalue weighted by atomic mass is 79.9. The van der Waals surface area contributed by atoms with Gasteiger partial charge in [0.1, 0.15) is 40.4 Å². The number of nitrogens with one attached hydrogen (secondary N) is 4. The largest absolute Gasteiger partial charge is 0.495 e. The maximum absolute atomic E-state index is 5.57. The van der Waals surface area contributed by atoms with E-state index in [1.807, 2.05) is 67.0 Å². The van der Waals surface area contributed by atoms with E-state index in [2.05, 4.69) is 76.9 Å². The molecule has 49 heavy (non-hydrogen) atoms. The van der Waals surface area contributed by atoms with Crippen molar-refractivity contribution in [3.63, 3.8) is 0 Å². The van der Waals surface area contributed by atoms with E-state index in [4.69, 9.17) is 9.47 Å². The fraction of sp³-hybridized carbons (Fsp3) is 0.118. The van der Waals surface area contributed by atoms with Gasteiger partial charge < -0.3 is 20.1 Å². The highest BCUT2D eigenvalue weighted by Crippen LogP contribution is 2.37. The minimum Gasteiger partial charge on any atom is -0.495 e. The van der Waals surface area contributed by atoms with E-state index in [0.717, 1.165) is 71.8 Å². The first-order valence-corrected chi connectivity index (χ1v) is 15.9. The smallest absolute Gasteiger partial charge is 0.187 e. The van der Waals surface area contributed by atoms with Gasteiger partial charge in [-0.15, -0.1) is 0 Å². The minimum absolute atomic E-state index is 0.589. The van der Waals surface area contributed by atoms with Crippen molar-refractivity contribution in [3.05, 3.63) is 94.1 Å². The quantitative estimate of drug-likeness (QED) is 0.142. The maximum Gasteiger partial charge on any atom is 0.187 e. The van der Waals surface area contributed by atoms with Crippen LogP contribution in [0.3, 0.4) is 0 Å². The van der Waals surface area contributed by atoms with E-state index in [0.29, 0.717) is 36.0 Å². The molecule has 0 saturated heterocycles. The number of anilines is 4. The van der Waals surface area contributed by atoms with Crippen LogP contribution in [0.1, 0.15) is 22.3 Å². The van der Waals surface area contributed by atoms with Crippen LogP contribution in [0.2, 0.25) is 0 Å². The Balaban J connectivity index is 0.000000145. The summed E-state index contributed by atoms with van der Waals surface area (Å²) in [7, 11) is 3.30. The van der Waals surface area contributed by atoms with Crippen molar-refractivity contribution < 1.29 is 9.47 Å². The van der Waals surface area contributed by atoms with Crippen molar-refractivity contribution in [3.8, 4) is 22.8 Å². The van der Waals surface area contributed by atoms with Gasteiger partial charge in [0.25, 0.3) is 0 Å². The molecule has 15 heteroatoms. The van der Waals surface area contributed by atoms with Crippen LogP contribution in [0.25, 0.3) is 33.3 Å². The van der Waals surface area contributed by atoms with Crippen LogP contribution in [0.5, 0.6) is 11.5 Å². The van der Waals surface area contributed by atoms with E-state index in [1.54, 1.807) is 14.2 Å². The summed E-state index contributed by atoms with van der Waals surface area (Å²) in [5, 5.41) is 22.7. The van der Waals surface area contributed by atoms with Crippen LogP contribution in [0.4, 0.5) is 23.0 Å². The zero-order chi connectivity index (χ0) is 33.3. The molecule has 0 aliphatic carbocycles. The molecule has 0 unspecified atom stereocenters. The number of aromatic nitrogens is 8. The third-order valence-corrected chi connectivity index (χ3v) is 8.71. The van der Waals surface area contributed by atoms with E-state index >= 15 is 0 Å². The molecule has 0 radical (unpaired) electrons. The first kappa shape index (κ1) is 30.1. The number of hydrogen-bond acceptors (Lipinski definition) is 12. The Morgan fingerprint density at radius 1 is 0.673 bits per heavy atom. The molecular formula is C34H27BrN12O2. The van der Waals surface area contributed by atoms with Gasteiger partial charge >= 0.3 is 0 Å². The molecule has 14 nitrogen and oxygen atoms in total. The van der Waals surface area contributed by atoms with Crippen molar-refractivity contribution >= 4 is 73.4 Å². The number of halogens is 1. The van der Waals surface area contributed by atoms with Crippen molar-refractivity contribution in [1.29, 1.82) is 0 Å². The summed E-state index contributed by atoms with van der Waals surface area (Å²) in [6, 6.07) is 18.0. The Hall–Kier alpha value is -6.22. The summed E-state index contributed by atoms with van der Waals surface area (Å²) >= 11 is 3.43. The van der Waals surface area contributed by atoms with Crippen molar-refractivity contribution in [2.45, 2.75) is 13.1 Å². The monoisotopic (exact) mass is 714 g/mol. The predicted octanol–water partition coefficient (Wildman–Crippen LogP) is 6.50. The van der Waals surface area contributed by atoms with Gasteiger partial charge in [-0.05, 0) is 62.4 Å². The molecule has 4 aromatic heterocycles. The highest BCUT2D eigenvalue weighted by molar-refractivity contribution is 9.10. The second-order valence-electron chi connectivity index (χ2n) is 11.0. The molecule has 0 fully saturated rings. The summed E-state index contributed by atoms with van der Waals surface area (Å²) in [6.07, 6.45) is 6.72. The molecule has 0 spiro atoms. The van der Waals surface area contributed by atoms with Crippen molar-refractivity contribution in [2.24, 2.45) is 9.98 Å². The van der Waals surface area contributed by atoms with Gasteiger partial charge in [0.15, 0.2) is 11.3 Å². The van der Waals surface area contributed by atoms with E-state index < -0.39 is 0 Å². The van der Waals surface area contributed by atoms with Crippen molar-refractivity contribution in [2.75, 3.05) is 24.9 Å². The molecule has 242 valence electrons. The average molecular weight is 716 g/mol. The lowest BCUT2D eigenvalue weighted by Gasteiger charge is -2.13. The lowest BCUT2D eigenvalue weighted by atomic mass is 10.1. The van der Waals surface area contributed by atoms with Gasteiger partial charge in [-0.25, -0.2) is 19.9 Å². The molecule has 0 amide bonds. The van der Waals surface area contributed by atoms with E-state index in [1.165, 1.54) is 12.7 Å². The van der Waals surface area contributed by atoms with Gasteiger partial charge in [0, 0.05) is 18.0 Å². The molecule has 0 saturated carbocycles. The maximum atomic E-state index is 5.57. The van der Waals surface area contributed by atoms with Crippen LogP contribution in [-0.2, 0) is 13.1 Å². The van der Waals surface area contributed by atoms with E-state index in [-0.39, 0.29) is 0 Å². The molecule has 0 bridgehead atoms. The van der Waals surface area contributed by atoms with Gasteiger partial charge in [-0.3, -0.25) is 20.2 Å². The molecule has 9 rings (SSSR count). The zero-order valence-corrected chi connectivity index (χ0v) is 27.8. The summed E-state index contributed by atoms with van der Waals surface area (Å²) in [6.45, 7) is 1.38. The SMILES string of the molecule is COc1cc2c(cc1Nc1ncnc3n[nH]c(-c4ccccc4)c13)C=NC2.COc1cc2c(cc1Nc1ncnc3n[nH]c(Br)c13)C=NC2. The number of nitrogens with zero attached hydrogens (tertiary/aromatic N) is 8. The molecule has 2 aliphatic heterocycles. The number of H-pyrrole nitrogens is 2. The number of benzene rings is 3. The summed E-state index contributed by atoms with van der Waals surface area (Å²) in [5.74, 6) is 2.81. The number of hydrogen-bond donors (Lipinski definition) is 4. The Kier molecular flexibility index (Phi) is 7.85. The second-order valence-corrected chi connectivity index (χ2v) is 11.8. The minimum atomic E-state index is 0.589. The normalized spacial score (nSPS) is 12.5. The lowest BCUT2D eigenvalue weighted by Crippen LogP contribution is -2.00. The molecule has 2 aliphatic rings. The topological polar surface area (TPSA) is 176 Å². The number of rotatable bonds is 7. The first-order chi connectivity index (χ1) is 24.1. The van der Waals surface area contributed by atoms with Crippen LogP contribution < -0.4 is 20.1 Å². The summed E-state index contributed by atoms with van der Waals surface area (Å²) in [5.41, 5.74) is 9.20. The summed E-state index contributed by atoms with van der Waals surface area (Å²) in [4.78, 5) is 25.8. The zero-order valence-electron chi connectivity index (χ0n) is 26.2. The standard InChI is InChI=1S/C20H16N6O.C14H11BrN6O/c1-27-16-8-14-10-21-9-13(14)7-15(16)24-19-17-18(12-5-3-2-4-6-12)25-26-20(17)23-11-22-19;1-22-10-3-8-5-16-4-7(8)2-9(10)19-13-11-12(15)20-21-14(11)18-6-17-13/h2-9,11H,10H2,1H3,(H2,22,23,24,25,26);2-4,6H,5H2,1H3,(H2,17,18,19,20,21). The summed E-state index contributed by atoms with van der Waals surface area (Å²) < 4.78 is 11.8. The van der Waals surface area contributed by atoms with Crippen LogP contribution >= 0.6 is 15.9 Å². The Morgan fingerprint density at radius 2 is 1.22 bits per heavy atom. The number of ether oxygens (including phenoxy) is 2. The molecule has 0 atom stereocenters. The number of fused-ring (bicyclic) bond motifs is 4. The van der Waals surface area contributed by atoms with Gasteiger partial charge in [-0.2, -0.15) is 10.2 Å². The van der Waals surface area contributed by atoms with Crippen LogP contribution in [-0.4, -0.2) is 67.0 Å². The third-order valence-electron chi connectivity index (χ3n) is 8.13. The molecule has 4 N–H and O–H groups in total. The number of methoxy groups -OCH3 is 2. The Bertz CT molecular complexity index is 2400. The second kappa shape index (κ2) is 12.8. The fourth-order valence-corrected chi connectivity index (χ4v) is 6.20. The highest BCUT2D eigenvalue weighted by Gasteiger charge is 2.19. The first-order valence-electron chi connectivity index (χ1n) is 15.1. The predicted molar refractivity (Wildman–Crippen MR) is 192 cm³/mol. The van der Waals surface area contributed by atoms with Crippen molar-refractivity contribution in [1.82, 2.24) is 40.3 Å². The van der Waals surface area contributed by atoms with Crippen LogP contribution in [0.15, 0.2) is 81.8 Å². The van der Waals surface area contributed by atoms with Crippen LogP contribution in [0, 0.1) is 0 Å². The Morgan fingerprint density at radius 3 is 1.82 bits per heavy atom. The number of aromatic amines is 2.